The molecule has 0 fully saturated rings. The molecule has 0 aliphatic heterocycles. The molecule has 0 saturated heterocycles. The second-order valence-electron chi connectivity index (χ2n) is 9.52. The maximum Gasteiger partial charge on any atom is 0.472 e. The van der Waals surface area contributed by atoms with E-state index in [1.54, 1.807) is 6.08 Å². The first-order chi connectivity index (χ1) is 14.6. The van der Waals surface area contributed by atoms with E-state index in [9.17, 15) is 14.6 Å². The van der Waals surface area contributed by atoms with Gasteiger partial charge < -0.3 is 20.2 Å². The maximum absolute atomic E-state index is 11.9. The average molecular weight is 466 g/mol. The van der Waals surface area contributed by atoms with Crippen molar-refractivity contribution in [1.29, 1.82) is 0 Å². The molecule has 0 spiro atoms. The van der Waals surface area contributed by atoms with Gasteiger partial charge in [0.15, 0.2) is 0 Å². The Kier molecular flexibility index (Phi) is 18.0. The summed E-state index contributed by atoms with van der Waals surface area (Å²) in [5.41, 5.74) is 5.85. The average Bonchev–Trinajstić information content (AvgIpc) is 2.68. The largest absolute Gasteiger partial charge is 0.472 e. The van der Waals surface area contributed by atoms with Crippen LogP contribution in [0.2, 0.25) is 0 Å². The first-order valence-electron chi connectivity index (χ1n) is 12.1. The number of allylic oxidation sites excluding steroid dienone is 1. The lowest BCUT2D eigenvalue weighted by atomic mass is 10.0. The minimum atomic E-state index is -4.16. The summed E-state index contributed by atoms with van der Waals surface area (Å²) in [6, 6.07) is -0.781. The number of unbranched alkanes of at least 4 members (excludes halogenated alkanes) is 11. The normalized spacial score (nSPS) is 16.5. The number of phosphoric ester groups is 1. The summed E-state index contributed by atoms with van der Waals surface area (Å²) in [7, 11) is 1.72. The van der Waals surface area contributed by atoms with Gasteiger partial charge in [-0.25, -0.2) is 4.57 Å². The highest BCUT2D eigenvalue weighted by molar-refractivity contribution is 7.47. The standard InChI is InChI=1S/C23H49N2O5P/c1-5-6-7-8-9-10-11-12-13-14-15-16-17-18-23(26)22(24)21-30-31(27,28)29-20-19-25(2,3)4/h17-18,22-23,26H,5-16,19-21,24H2,1-4H3/p+1/t22-,23+/m0/s1. The predicted molar refractivity (Wildman–Crippen MR) is 129 cm³/mol. The summed E-state index contributed by atoms with van der Waals surface area (Å²) >= 11 is 0. The molecule has 3 atom stereocenters. The van der Waals surface area contributed by atoms with Crippen LogP contribution in [0.15, 0.2) is 12.2 Å². The third-order valence-electron chi connectivity index (χ3n) is 5.19. The van der Waals surface area contributed by atoms with Crippen molar-refractivity contribution < 1.29 is 28.1 Å². The molecular weight excluding hydrogens is 415 g/mol. The smallest absolute Gasteiger partial charge is 0.387 e. The van der Waals surface area contributed by atoms with Crippen LogP contribution in [0.5, 0.6) is 0 Å². The monoisotopic (exact) mass is 465 g/mol. The minimum absolute atomic E-state index is 0.105. The Balaban J connectivity index is 3.74. The van der Waals surface area contributed by atoms with Gasteiger partial charge in [-0.1, -0.05) is 83.3 Å². The molecule has 4 N–H and O–H groups in total. The number of aliphatic hydroxyl groups excluding tert-OH is 1. The molecule has 31 heavy (non-hydrogen) atoms. The number of nitrogens with zero attached hydrogens (tertiary/aromatic N) is 1. The molecule has 7 nitrogen and oxygen atoms in total. The molecule has 0 aromatic heterocycles. The summed E-state index contributed by atoms with van der Waals surface area (Å²) in [5.74, 6) is 0. The van der Waals surface area contributed by atoms with Crippen molar-refractivity contribution in [3.63, 3.8) is 0 Å². The van der Waals surface area contributed by atoms with Crippen LogP contribution >= 0.6 is 7.82 Å². The Hall–Kier alpha value is -0.270. The van der Waals surface area contributed by atoms with E-state index < -0.39 is 20.0 Å². The predicted octanol–water partition coefficient (Wildman–Crippen LogP) is 4.77. The molecule has 186 valence electrons. The Bertz CT molecular complexity index is 497. The molecule has 0 amide bonds. The molecule has 0 saturated carbocycles. The second kappa shape index (κ2) is 18.2. The molecule has 0 aliphatic carbocycles. The Labute approximate surface area is 191 Å². The Morgan fingerprint density at radius 2 is 1.45 bits per heavy atom. The lowest BCUT2D eigenvalue weighted by Gasteiger charge is -2.24. The highest BCUT2D eigenvalue weighted by Gasteiger charge is 2.25. The highest BCUT2D eigenvalue weighted by Crippen LogP contribution is 2.43. The summed E-state index contributed by atoms with van der Waals surface area (Å²) in [6.45, 7) is 2.68. The van der Waals surface area contributed by atoms with Crippen molar-refractivity contribution in [1.82, 2.24) is 0 Å². The Morgan fingerprint density at radius 3 is 1.97 bits per heavy atom. The topological polar surface area (TPSA) is 102 Å². The molecule has 0 bridgehead atoms. The van der Waals surface area contributed by atoms with E-state index in [1.807, 2.05) is 27.2 Å². The molecule has 0 aromatic rings. The molecule has 0 rings (SSSR count). The van der Waals surface area contributed by atoms with Crippen LogP contribution in [0.4, 0.5) is 0 Å². The van der Waals surface area contributed by atoms with Gasteiger partial charge in [-0.2, -0.15) is 0 Å². The fourth-order valence-corrected chi connectivity index (χ4v) is 3.80. The fourth-order valence-electron chi connectivity index (χ4n) is 3.05. The van der Waals surface area contributed by atoms with Crippen LogP contribution in [0.25, 0.3) is 0 Å². The zero-order chi connectivity index (χ0) is 23.6. The zero-order valence-electron chi connectivity index (χ0n) is 20.5. The van der Waals surface area contributed by atoms with Gasteiger partial charge in [0, 0.05) is 0 Å². The van der Waals surface area contributed by atoms with E-state index in [4.69, 9.17) is 14.8 Å². The van der Waals surface area contributed by atoms with Crippen molar-refractivity contribution in [2.24, 2.45) is 5.73 Å². The molecule has 0 radical (unpaired) electrons. The Morgan fingerprint density at radius 1 is 0.935 bits per heavy atom. The molecule has 0 aromatic carbocycles. The minimum Gasteiger partial charge on any atom is -0.387 e. The summed E-state index contributed by atoms with van der Waals surface area (Å²) < 4.78 is 22.3. The molecular formula is C23H50N2O5P+. The van der Waals surface area contributed by atoms with E-state index >= 15 is 0 Å². The van der Waals surface area contributed by atoms with Crippen molar-refractivity contribution in [2.75, 3.05) is 40.9 Å². The van der Waals surface area contributed by atoms with Gasteiger partial charge in [0.2, 0.25) is 0 Å². The van der Waals surface area contributed by atoms with Crippen LogP contribution in [0.1, 0.15) is 84.0 Å². The van der Waals surface area contributed by atoms with E-state index in [1.165, 1.54) is 64.2 Å². The van der Waals surface area contributed by atoms with Gasteiger partial charge in [0.25, 0.3) is 0 Å². The molecule has 1 unspecified atom stereocenters. The number of nitrogens with two attached hydrogens (primary N) is 1. The lowest BCUT2D eigenvalue weighted by molar-refractivity contribution is -0.870. The van der Waals surface area contributed by atoms with Crippen molar-refractivity contribution in [3.05, 3.63) is 12.2 Å². The van der Waals surface area contributed by atoms with Gasteiger partial charge in [0.05, 0.1) is 39.9 Å². The van der Waals surface area contributed by atoms with Gasteiger partial charge in [-0.15, -0.1) is 0 Å². The zero-order valence-corrected chi connectivity index (χ0v) is 21.4. The third kappa shape index (κ3) is 21.3. The van der Waals surface area contributed by atoms with Crippen molar-refractivity contribution >= 4 is 7.82 Å². The number of aliphatic hydroxyl groups is 1. The summed E-state index contributed by atoms with van der Waals surface area (Å²) in [4.78, 5) is 9.69. The number of quaternary nitrogens is 1. The van der Waals surface area contributed by atoms with E-state index in [2.05, 4.69) is 6.92 Å². The highest BCUT2D eigenvalue weighted by atomic mass is 31.2. The maximum atomic E-state index is 11.9. The first kappa shape index (κ1) is 30.7. The molecule has 0 heterocycles. The number of hydrogen-bond acceptors (Lipinski definition) is 5. The molecule has 8 heteroatoms. The lowest BCUT2D eigenvalue weighted by Crippen LogP contribution is -2.38. The number of likely N-dealkylation sites (N-methyl/N-ethyl adjacent to an activating group) is 1. The van der Waals surface area contributed by atoms with E-state index in [-0.39, 0.29) is 13.2 Å². The van der Waals surface area contributed by atoms with Crippen molar-refractivity contribution in [3.8, 4) is 0 Å². The summed E-state index contributed by atoms with van der Waals surface area (Å²) in [6.07, 6.45) is 17.9. The van der Waals surface area contributed by atoms with Crippen LogP contribution in [-0.2, 0) is 13.6 Å². The van der Waals surface area contributed by atoms with Crippen LogP contribution in [0, 0.1) is 0 Å². The number of hydrogen-bond donors (Lipinski definition) is 3. The number of rotatable bonds is 21. The van der Waals surface area contributed by atoms with Gasteiger partial charge in [-0.05, 0) is 12.8 Å². The molecule has 0 aliphatic rings. The van der Waals surface area contributed by atoms with Gasteiger partial charge in [0.1, 0.15) is 13.2 Å². The SMILES string of the molecule is CCCCCCCCCCCCCC=C[C@@H](O)[C@@H](N)COP(=O)(O)OCC[N+](C)(C)C. The quantitative estimate of drug-likeness (QED) is 0.0977. The van der Waals surface area contributed by atoms with Crippen LogP contribution in [0.3, 0.4) is 0 Å². The van der Waals surface area contributed by atoms with Gasteiger partial charge in [-0.3, -0.25) is 9.05 Å². The fraction of sp³-hybridized carbons (Fsp3) is 0.913. The van der Waals surface area contributed by atoms with E-state index in [0.717, 1.165) is 12.8 Å². The van der Waals surface area contributed by atoms with Gasteiger partial charge >= 0.3 is 7.82 Å². The summed E-state index contributed by atoms with van der Waals surface area (Å²) in [5, 5.41) is 10.1. The first-order valence-corrected chi connectivity index (χ1v) is 13.6. The number of phosphoric acid groups is 1. The van der Waals surface area contributed by atoms with Crippen LogP contribution in [-0.4, -0.2) is 67.5 Å². The van der Waals surface area contributed by atoms with E-state index in [0.29, 0.717) is 11.0 Å². The third-order valence-corrected chi connectivity index (χ3v) is 6.18. The van der Waals surface area contributed by atoms with Crippen LogP contribution < -0.4 is 5.73 Å². The van der Waals surface area contributed by atoms with Crippen molar-refractivity contribution in [2.45, 2.75) is 96.1 Å². The second-order valence-corrected chi connectivity index (χ2v) is 11.0.